The summed E-state index contributed by atoms with van der Waals surface area (Å²) in [5.74, 6) is -1.44. The maximum atomic E-state index is 11.1. The quantitative estimate of drug-likeness (QED) is 0.832. The molecule has 6 nitrogen and oxygen atoms in total. The molecular weight excluding hydrogens is 270 g/mol. The van der Waals surface area contributed by atoms with Crippen LogP contribution in [0, 0.1) is 0 Å². The van der Waals surface area contributed by atoms with E-state index >= 15 is 0 Å². The van der Waals surface area contributed by atoms with Crippen molar-refractivity contribution in [2.45, 2.75) is 25.9 Å². The normalized spacial score (nSPS) is 11.9. The predicted octanol–water partition coefficient (Wildman–Crippen LogP) is 1.06. The lowest BCUT2D eigenvalue weighted by Crippen LogP contribution is -2.41. The highest BCUT2D eigenvalue weighted by Gasteiger charge is 2.19. The third kappa shape index (κ3) is 4.45. The number of carbonyl (C=O) groups excluding carboxylic acids is 1. The van der Waals surface area contributed by atoms with Gasteiger partial charge in [-0.25, -0.2) is 9.78 Å². The zero-order chi connectivity index (χ0) is 15.2. The first-order valence-electron chi connectivity index (χ1n) is 6.59. The van der Waals surface area contributed by atoms with Crippen LogP contribution in [-0.2, 0) is 22.6 Å². The summed E-state index contributed by atoms with van der Waals surface area (Å²) in [6, 6.07) is 8.94. The number of amides is 1. The highest BCUT2D eigenvalue weighted by molar-refractivity contribution is 5.82. The minimum atomic E-state index is -1.07. The van der Waals surface area contributed by atoms with Crippen LogP contribution in [0.3, 0.4) is 0 Å². The Balaban J connectivity index is 2.02. The number of hydrogen-bond donors (Lipinski definition) is 2. The summed E-state index contributed by atoms with van der Waals surface area (Å²) >= 11 is 0. The van der Waals surface area contributed by atoms with Crippen LogP contribution in [0.25, 0.3) is 0 Å². The topological polar surface area (TPSA) is 84.2 Å². The molecule has 0 aliphatic rings. The number of carboxylic acids is 1. The lowest BCUT2D eigenvalue weighted by molar-refractivity contribution is -0.141. The fourth-order valence-electron chi connectivity index (χ4n) is 2.05. The van der Waals surface area contributed by atoms with Gasteiger partial charge in [0.2, 0.25) is 5.91 Å². The summed E-state index contributed by atoms with van der Waals surface area (Å²) in [6.07, 6.45) is 3.62. The Kier molecular flexibility index (Phi) is 4.71. The zero-order valence-electron chi connectivity index (χ0n) is 11.7. The zero-order valence-corrected chi connectivity index (χ0v) is 11.7. The number of aliphatic carboxylic acids is 1. The molecule has 0 aliphatic heterocycles. The second kappa shape index (κ2) is 6.69. The molecule has 1 aromatic heterocycles. The minimum Gasteiger partial charge on any atom is -0.480 e. The van der Waals surface area contributed by atoms with Gasteiger partial charge < -0.3 is 15.0 Å². The average molecular weight is 287 g/mol. The van der Waals surface area contributed by atoms with Gasteiger partial charge in [0.1, 0.15) is 6.04 Å². The molecule has 2 rings (SSSR count). The van der Waals surface area contributed by atoms with E-state index < -0.39 is 12.0 Å². The second-order valence-corrected chi connectivity index (χ2v) is 4.82. The summed E-state index contributed by atoms with van der Waals surface area (Å²) in [4.78, 5) is 26.3. The number of nitrogens with one attached hydrogen (secondary N) is 1. The molecule has 0 aliphatic carbocycles. The Morgan fingerprint density at radius 1 is 1.33 bits per heavy atom. The SMILES string of the molecule is CC(=O)N[C@@H](Cc1cn(Cc2ccccc2)cn1)C(=O)O. The van der Waals surface area contributed by atoms with Gasteiger partial charge in [-0.1, -0.05) is 30.3 Å². The molecule has 21 heavy (non-hydrogen) atoms. The van der Waals surface area contributed by atoms with Crippen molar-refractivity contribution in [3.8, 4) is 0 Å². The first kappa shape index (κ1) is 14.8. The Morgan fingerprint density at radius 2 is 2.05 bits per heavy atom. The number of aromatic nitrogens is 2. The highest BCUT2D eigenvalue weighted by Crippen LogP contribution is 2.06. The van der Waals surface area contributed by atoms with Gasteiger partial charge in [-0.05, 0) is 5.56 Å². The molecule has 1 aromatic carbocycles. The maximum Gasteiger partial charge on any atom is 0.326 e. The highest BCUT2D eigenvalue weighted by atomic mass is 16.4. The van der Waals surface area contributed by atoms with Crippen LogP contribution in [0.1, 0.15) is 18.2 Å². The van der Waals surface area contributed by atoms with Crippen molar-refractivity contribution in [2.75, 3.05) is 0 Å². The van der Waals surface area contributed by atoms with Gasteiger partial charge in [-0.2, -0.15) is 0 Å². The summed E-state index contributed by atoms with van der Waals surface area (Å²) in [7, 11) is 0. The molecule has 2 aromatic rings. The molecule has 2 N–H and O–H groups in total. The first-order valence-corrected chi connectivity index (χ1v) is 6.59. The monoisotopic (exact) mass is 287 g/mol. The standard InChI is InChI=1S/C15H17N3O3/c1-11(19)17-14(15(20)21)7-13-9-18(10-16-13)8-12-5-3-2-4-6-12/h2-6,9-10,14H,7-8H2,1H3,(H,17,19)(H,20,21)/t14-/m0/s1. The van der Waals surface area contributed by atoms with Gasteiger partial charge in [-0.15, -0.1) is 0 Å². The molecule has 110 valence electrons. The van der Waals surface area contributed by atoms with Gasteiger partial charge >= 0.3 is 5.97 Å². The van der Waals surface area contributed by atoms with Crippen molar-refractivity contribution in [1.82, 2.24) is 14.9 Å². The lowest BCUT2D eigenvalue weighted by Gasteiger charge is -2.11. The molecule has 0 bridgehead atoms. The second-order valence-electron chi connectivity index (χ2n) is 4.82. The molecule has 1 amide bonds. The van der Waals surface area contributed by atoms with E-state index in [0.717, 1.165) is 5.56 Å². The molecule has 0 saturated carbocycles. The molecule has 6 heteroatoms. The van der Waals surface area contributed by atoms with E-state index in [-0.39, 0.29) is 12.3 Å². The van der Waals surface area contributed by atoms with Gasteiger partial charge in [0.25, 0.3) is 0 Å². The van der Waals surface area contributed by atoms with E-state index in [2.05, 4.69) is 10.3 Å². The van der Waals surface area contributed by atoms with Gasteiger partial charge in [0.15, 0.2) is 0 Å². The van der Waals surface area contributed by atoms with Crippen molar-refractivity contribution >= 4 is 11.9 Å². The summed E-state index contributed by atoms with van der Waals surface area (Å²) in [6.45, 7) is 1.97. The lowest BCUT2D eigenvalue weighted by atomic mass is 10.1. The number of carboxylic acid groups (broad SMARTS) is 1. The maximum absolute atomic E-state index is 11.1. The van der Waals surface area contributed by atoms with Crippen LogP contribution in [0.15, 0.2) is 42.9 Å². The van der Waals surface area contributed by atoms with Crippen LogP contribution in [-0.4, -0.2) is 32.6 Å². The Labute approximate surface area is 122 Å². The largest absolute Gasteiger partial charge is 0.480 e. The predicted molar refractivity (Wildman–Crippen MR) is 76.7 cm³/mol. The number of rotatable bonds is 6. The summed E-state index contributed by atoms with van der Waals surface area (Å²) < 4.78 is 1.89. The Hall–Kier alpha value is -2.63. The van der Waals surface area contributed by atoms with Crippen LogP contribution in [0.4, 0.5) is 0 Å². The third-order valence-corrected chi connectivity index (χ3v) is 2.98. The van der Waals surface area contributed by atoms with Crippen LogP contribution >= 0.6 is 0 Å². The smallest absolute Gasteiger partial charge is 0.326 e. The molecule has 0 fully saturated rings. The van der Waals surface area contributed by atoms with Crippen molar-refractivity contribution < 1.29 is 14.7 Å². The Morgan fingerprint density at radius 3 is 2.67 bits per heavy atom. The number of nitrogens with zero attached hydrogens (tertiary/aromatic N) is 2. The van der Waals surface area contributed by atoms with Gasteiger partial charge in [0.05, 0.1) is 12.0 Å². The fourth-order valence-corrected chi connectivity index (χ4v) is 2.05. The van der Waals surface area contributed by atoms with Crippen molar-refractivity contribution in [3.63, 3.8) is 0 Å². The summed E-state index contributed by atoms with van der Waals surface area (Å²) in [5, 5.41) is 11.5. The summed E-state index contributed by atoms with van der Waals surface area (Å²) in [5.41, 5.74) is 1.77. The van der Waals surface area contributed by atoms with E-state index in [9.17, 15) is 9.59 Å². The fraction of sp³-hybridized carbons (Fsp3) is 0.267. The van der Waals surface area contributed by atoms with Crippen molar-refractivity contribution in [3.05, 3.63) is 54.1 Å². The molecule has 1 heterocycles. The first-order chi connectivity index (χ1) is 10.0. The molecular formula is C15H17N3O3. The van der Waals surface area contributed by atoms with Gasteiger partial charge in [0, 0.05) is 26.1 Å². The Bertz CT molecular complexity index is 622. The molecule has 0 spiro atoms. The molecule has 1 atom stereocenters. The van der Waals surface area contributed by atoms with E-state index in [1.807, 2.05) is 34.9 Å². The molecule has 0 radical (unpaired) electrons. The van der Waals surface area contributed by atoms with Crippen LogP contribution in [0.2, 0.25) is 0 Å². The number of imidazole rings is 1. The number of benzene rings is 1. The van der Waals surface area contributed by atoms with E-state index in [1.54, 1.807) is 12.5 Å². The van der Waals surface area contributed by atoms with Gasteiger partial charge in [-0.3, -0.25) is 4.79 Å². The van der Waals surface area contributed by atoms with Crippen LogP contribution < -0.4 is 5.32 Å². The van der Waals surface area contributed by atoms with Crippen molar-refractivity contribution in [1.29, 1.82) is 0 Å². The molecule has 0 saturated heterocycles. The van der Waals surface area contributed by atoms with E-state index in [4.69, 9.17) is 5.11 Å². The van der Waals surface area contributed by atoms with E-state index in [1.165, 1.54) is 6.92 Å². The van der Waals surface area contributed by atoms with E-state index in [0.29, 0.717) is 12.2 Å². The molecule has 0 unspecified atom stereocenters. The number of hydrogen-bond acceptors (Lipinski definition) is 3. The van der Waals surface area contributed by atoms with Crippen LogP contribution in [0.5, 0.6) is 0 Å². The third-order valence-electron chi connectivity index (χ3n) is 2.98. The number of carbonyl (C=O) groups is 2. The average Bonchev–Trinajstić information content (AvgIpc) is 2.86. The minimum absolute atomic E-state index is 0.163. The van der Waals surface area contributed by atoms with Crippen molar-refractivity contribution in [2.24, 2.45) is 0 Å².